The second kappa shape index (κ2) is 6.05. The van der Waals surface area contributed by atoms with Crippen LogP contribution in [0.15, 0.2) is 11.6 Å². The van der Waals surface area contributed by atoms with E-state index in [1.54, 1.807) is 13.1 Å². The van der Waals surface area contributed by atoms with Crippen molar-refractivity contribution in [3.05, 3.63) is 11.6 Å². The largest absolute Gasteiger partial charge is 0.318 e. The lowest BCUT2D eigenvalue weighted by Crippen LogP contribution is -2.48. The van der Waals surface area contributed by atoms with Gasteiger partial charge < -0.3 is 11.1 Å². The molecule has 1 rings (SSSR count). The molecule has 86 valence electrons. The molecule has 6 heteroatoms. The van der Waals surface area contributed by atoms with Gasteiger partial charge in [-0.15, -0.1) is 23.7 Å². The van der Waals surface area contributed by atoms with Gasteiger partial charge in [0, 0.05) is 11.6 Å². The van der Waals surface area contributed by atoms with Crippen LogP contribution in [0, 0.1) is 0 Å². The van der Waals surface area contributed by atoms with Gasteiger partial charge in [-0.3, -0.25) is 4.79 Å². The molecule has 0 aliphatic rings. The lowest BCUT2D eigenvalue weighted by molar-refractivity contribution is -0.120. The van der Waals surface area contributed by atoms with Gasteiger partial charge in [0.2, 0.25) is 5.91 Å². The molecule has 1 aromatic heterocycles. The first-order chi connectivity index (χ1) is 6.56. The molecule has 15 heavy (non-hydrogen) atoms. The van der Waals surface area contributed by atoms with Crippen molar-refractivity contribution in [1.82, 2.24) is 4.98 Å². The Kier molecular flexibility index (Phi) is 5.79. The second-order valence-corrected chi connectivity index (χ2v) is 4.35. The maximum absolute atomic E-state index is 11.7. The number of nitrogens with two attached hydrogens (primary N) is 1. The van der Waals surface area contributed by atoms with E-state index in [4.69, 9.17) is 5.73 Å². The summed E-state index contributed by atoms with van der Waals surface area (Å²) in [5.74, 6) is -0.172. The van der Waals surface area contributed by atoms with Crippen LogP contribution in [0.2, 0.25) is 0 Å². The molecule has 1 heterocycles. The Morgan fingerprint density at radius 2 is 2.40 bits per heavy atom. The summed E-state index contributed by atoms with van der Waals surface area (Å²) in [5.41, 5.74) is 5.05. The Labute approximate surface area is 99.7 Å². The molecule has 0 saturated carbocycles. The van der Waals surface area contributed by atoms with Gasteiger partial charge in [-0.05, 0) is 13.3 Å². The second-order valence-electron chi connectivity index (χ2n) is 3.46. The molecule has 1 amide bonds. The zero-order valence-electron chi connectivity index (χ0n) is 8.82. The summed E-state index contributed by atoms with van der Waals surface area (Å²) in [5, 5.41) is 5.10. The number of anilines is 1. The highest BCUT2D eigenvalue weighted by molar-refractivity contribution is 7.13. The van der Waals surface area contributed by atoms with Crippen LogP contribution in [-0.4, -0.2) is 16.4 Å². The fourth-order valence-electron chi connectivity index (χ4n) is 1.16. The quantitative estimate of drug-likeness (QED) is 0.858. The van der Waals surface area contributed by atoms with E-state index in [1.807, 2.05) is 12.3 Å². The highest BCUT2D eigenvalue weighted by Gasteiger charge is 2.27. The minimum atomic E-state index is -0.805. The van der Waals surface area contributed by atoms with E-state index in [0.29, 0.717) is 11.6 Å². The molecular formula is C9H16ClN3OS. The zero-order chi connectivity index (χ0) is 10.6. The molecule has 0 spiro atoms. The van der Waals surface area contributed by atoms with E-state index >= 15 is 0 Å². The van der Waals surface area contributed by atoms with Gasteiger partial charge in [0.25, 0.3) is 0 Å². The minimum absolute atomic E-state index is 0. The summed E-state index contributed by atoms with van der Waals surface area (Å²) in [4.78, 5) is 15.6. The standard InChI is InChI=1S/C9H15N3OS.ClH/c1-3-4-9(2,10)7(13)12-8-11-5-6-14-8;/h5-6H,3-4,10H2,1-2H3,(H,11,12,13);1H. The predicted molar refractivity (Wildman–Crippen MR) is 65.5 cm³/mol. The predicted octanol–water partition coefficient (Wildman–Crippen LogP) is 2.02. The number of carbonyl (C=O) groups excluding carboxylic acids is 1. The van der Waals surface area contributed by atoms with E-state index < -0.39 is 5.54 Å². The number of nitrogens with zero attached hydrogens (tertiary/aromatic N) is 1. The third kappa shape index (κ3) is 4.15. The van der Waals surface area contributed by atoms with Crippen molar-refractivity contribution in [3.8, 4) is 0 Å². The Balaban J connectivity index is 0.00000196. The molecule has 1 atom stereocenters. The first-order valence-electron chi connectivity index (χ1n) is 4.56. The SMILES string of the molecule is CCCC(C)(N)C(=O)Nc1nccs1.Cl. The maximum atomic E-state index is 11.7. The van der Waals surface area contributed by atoms with E-state index in [1.165, 1.54) is 11.3 Å². The van der Waals surface area contributed by atoms with Crippen molar-refractivity contribution in [2.24, 2.45) is 5.73 Å². The normalized spacial score (nSPS) is 13.8. The van der Waals surface area contributed by atoms with Crippen LogP contribution in [-0.2, 0) is 4.79 Å². The number of hydrogen-bond donors (Lipinski definition) is 2. The number of nitrogens with one attached hydrogen (secondary N) is 1. The molecule has 3 N–H and O–H groups in total. The number of halogens is 1. The summed E-state index contributed by atoms with van der Waals surface area (Å²) in [7, 11) is 0. The van der Waals surface area contributed by atoms with Gasteiger partial charge in [0.15, 0.2) is 5.13 Å². The smallest absolute Gasteiger partial charge is 0.245 e. The average Bonchev–Trinajstić information content (AvgIpc) is 2.56. The summed E-state index contributed by atoms with van der Waals surface area (Å²) in [6.45, 7) is 3.74. The molecule has 0 radical (unpaired) electrons. The van der Waals surface area contributed by atoms with Gasteiger partial charge in [-0.25, -0.2) is 4.98 Å². The Bertz CT molecular complexity index is 300. The molecule has 0 fully saturated rings. The Hall–Kier alpha value is -0.650. The molecule has 4 nitrogen and oxygen atoms in total. The topological polar surface area (TPSA) is 68.0 Å². The van der Waals surface area contributed by atoms with Crippen LogP contribution in [0.4, 0.5) is 5.13 Å². The molecule has 0 aromatic carbocycles. The van der Waals surface area contributed by atoms with E-state index in [-0.39, 0.29) is 18.3 Å². The van der Waals surface area contributed by atoms with Gasteiger partial charge in [0.05, 0.1) is 5.54 Å². The van der Waals surface area contributed by atoms with Crippen molar-refractivity contribution >= 4 is 34.8 Å². The molecule has 1 aromatic rings. The lowest BCUT2D eigenvalue weighted by atomic mass is 9.97. The molecule has 0 bridgehead atoms. The summed E-state index contributed by atoms with van der Waals surface area (Å²) in [6.07, 6.45) is 3.20. The summed E-state index contributed by atoms with van der Waals surface area (Å²) >= 11 is 1.39. The average molecular weight is 250 g/mol. The molecule has 1 unspecified atom stereocenters. The maximum Gasteiger partial charge on any atom is 0.245 e. The van der Waals surface area contributed by atoms with Gasteiger partial charge in [-0.2, -0.15) is 0 Å². The number of carbonyl (C=O) groups is 1. The Morgan fingerprint density at radius 1 is 1.73 bits per heavy atom. The van der Waals surface area contributed by atoms with Crippen molar-refractivity contribution in [2.75, 3.05) is 5.32 Å². The van der Waals surface area contributed by atoms with Gasteiger partial charge in [-0.1, -0.05) is 13.3 Å². The first kappa shape index (κ1) is 14.3. The highest BCUT2D eigenvalue weighted by atomic mass is 35.5. The molecule has 0 saturated heterocycles. The van der Waals surface area contributed by atoms with E-state index in [9.17, 15) is 4.79 Å². The minimum Gasteiger partial charge on any atom is -0.318 e. The lowest BCUT2D eigenvalue weighted by Gasteiger charge is -2.21. The van der Waals surface area contributed by atoms with E-state index in [2.05, 4.69) is 10.3 Å². The van der Waals surface area contributed by atoms with E-state index in [0.717, 1.165) is 6.42 Å². The number of aromatic nitrogens is 1. The highest BCUT2D eigenvalue weighted by Crippen LogP contribution is 2.15. The fourth-order valence-corrected chi connectivity index (χ4v) is 1.68. The van der Waals surface area contributed by atoms with Crippen LogP contribution in [0.25, 0.3) is 0 Å². The van der Waals surface area contributed by atoms with Crippen LogP contribution < -0.4 is 11.1 Å². The Morgan fingerprint density at radius 3 is 2.87 bits per heavy atom. The molecule has 0 aliphatic carbocycles. The van der Waals surface area contributed by atoms with Crippen molar-refractivity contribution in [3.63, 3.8) is 0 Å². The van der Waals surface area contributed by atoms with Crippen LogP contribution in [0.5, 0.6) is 0 Å². The number of rotatable bonds is 4. The monoisotopic (exact) mass is 249 g/mol. The third-order valence-electron chi connectivity index (χ3n) is 1.94. The van der Waals surface area contributed by atoms with Gasteiger partial charge >= 0.3 is 0 Å². The number of hydrogen-bond acceptors (Lipinski definition) is 4. The number of amides is 1. The summed E-state index contributed by atoms with van der Waals surface area (Å²) in [6, 6.07) is 0. The summed E-state index contributed by atoms with van der Waals surface area (Å²) < 4.78 is 0. The van der Waals surface area contributed by atoms with Crippen molar-refractivity contribution in [1.29, 1.82) is 0 Å². The van der Waals surface area contributed by atoms with Crippen LogP contribution in [0.1, 0.15) is 26.7 Å². The van der Waals surface area contributed by atoms with Crippen LogP contribution in [0.3, 0.4) is 0 Å². The first-order valence-corrected chi connectivity index (χ1v) is 5.44. The van der Waals surface area contributed by atoms with Crippen molar-refractivity contribution < 1.29 is 4.79 Å². The van der Waals surface area contributed by atoms with Crippen LogP contribution >= 0.6 is 23.7 Å². The zero-order valence-corrected chi connectivity index (χ0v) is 10.5. The number of thiazole rings is 1. The molecule has 0 aliphatic heterocycles. The molecular weight excluding hydrogens is 234 g/mol. The van der Waals surface area contributed by atoms with Gasteiger partial charge in [0.1, 0.15) is 0 Å². The fraction of sp³-hybridized carbons (Fsp3) is 0.556. The van der Waals surface area contributed by atoms with Crippen molar-refractivity contribution in [2.45, 2.75) is 32.2 Å². The third-order valence-corrected chi connectivity index (χ3v) is 2.63.